The van der Waals surface area contributed by atoms with E-state index in [2.05, 4.69) is 20.4 Å². The summed E-state index contributed by atoms with van der Waals surface area (Å²) in [6.07, 6.45) is 3.74. The number of aromatic nitrogens is 2. The van der Waals surface area contributed by atoms with Crippen molar-refractivity contribution in [3.05, 3.63) is 81.0 Å². The molecule has 5 rings (SSSR count). The summed E-state index contributed by atoms with van der Waals surface area (Å²) in [5, 5.41) is 8.27. The second kappa shape index (κ2) is 12.1. The summed E-state index contributed by atoms with van der Waals surface area (Å²) in [7, 11) is -3.59. The monoisotopic (exact) mass is 621 g/mol. The molecule has 14 heteroatoms. The topological polar surface area (TPSA) is 144 Å². The lowest BCUT2D eigenvalue weighted by Gasteiger charge is -2.49. The van der Waals surface area contributed by atoms with Crippen molar-refractivity contribution in [3.63, 3.8) is 0 Å². The SMILES string of the molecule is Cc1nnc(CONC(=O)[C@@H]2c3ccccc3C(=O)N(C3CCCC[C@@H]3NS(C)(=O)=O)[C@H]2c2ccc(Cl)cc2Cl)o1. The third-order valence-corrected chi connectivity index (χ3v) is 8.62. The van der Waals surface area contributed by atoms with Crippen molar-refractivity contribution in [1.82, 2.24) is 25.3 Å². The zero-order valence-corrected chi connectivity index (χ0v) is 24.7. The highest BCUT2D eigenvalue weighted by molar-refractivity contribution is 7.88. The van der Waals surface area contributed by atoms with Gasteiger partial charge < -0.3 is 9.32 Å². The maximum atomic E-state index is 14.2. The molecule has 0 saturated heterocycles. The summed E-state index contributed by atoms with van der Waals surface area (Å²) in [6, 6.07) is 9.74. The Hall–Kier alpha value is -3.03. The third-order valence-electron chi connectivity index (χ3n) is 7.33. The molecule has 41 heavy (non-hydrogen) atoms. The van der Waals surface area contributed by atoms with Gasteiger partial charge in [-0.25, -0.2) is 18.6 Å². The highest BCUT2D eigenvalue weighted by Gasteiger charge is 2.49. The predicted molar refractivity (Wildman–Crippen MR) is 151 cm³/mol. The molecule has 0 bridgehead atoms. The minimum atomic E-state index is -3.59. The largest absolute Gasteiger partial charge is 0.423 e. The number of halogens is 2. The Labute approximate surface area is 247 Å². The van der Waals surface area contributed by atoms with Crippen molar-refractivity contribution in [1.29, 1.82) is 0 Å². The molecule has 2 N–H and O–H groups in total. The lowest BCUT2D eigenvalue weighted by atomic mass is 9.76. The molecule has 218 valence electrons. The van der Waals surface area contributed by atoms with Crippen molar-refractivity contribution in [2.24, 2.45) is 0 Å². The highest BCUT2D eigenvalue weighted by Crippen LogP contribution is 2.47. The summed E-state index contributed by atoms with van der Waals surface area (Å²) in [6.45, 7) is 1.47. The molecule has 1 aromatic heterocycles. The van der Waals surface area contributed by atoms with Gasteiger partial charge >= 0.3 is 0 Å². The smallest absolute Gasteiger partial charge is 0.255 e. The molecule has 2 amide bonds. The molecule has 1 aliphatic carbocycles. The number of hydrogen-bond donors (Lipinski definition) is 2. The number of sulfonamides is 1. The minimum Gasteiger partial charge on any atom is -0.423 e. The van der Waals surface area contributed by atoms with Crippen LogP contribution in [0.2, 0.25) is 10.0 Å². The van der Waals surface area contributed by atoms with Gasteiger partial charge in [0.15, 0.2) is 6.61 Å². The first kappa shape index (κ1) is 29.5. The summed E-state index contributed by atoms with van der Waals surface area (Å²) >= 11 is 12.9. The fraction of sp³-hybridized carbons (Fsp3) is 0.407. The Morgan fingerprint density at radius 1 is 1.12 bits per heavy atom. The molecule has 1 aliphatic heterocycles. The van der Waals surface area contributed by atoms with Crippen LogP contribution in [-0.2, 0) is 26.3 Å². The van der Waals surface area contributed by atoms with Crippen LogP contribution in [0.5, 0.6) is 0 Å². The molecule has 0 spiro atoms. The molecule has 1 fully saturated rings. The molecule has 1 unspecified atom stereocenters. The molecule has 2 heterocycles. The Balaban J connectivity index is 1.60. The van der Waals surface area contributed by atoms with E-state index in [4.69, 9.17) is 32.5 Å². The molecule has 2 aliphatic rings. The molecule has 11 nitrogen and oxygen atoms in total. The van der Waals surface area contributed by atoms with Crippen molar-refractivity contribution in [2.45, 2.75) is 63.3 Å². The fourth-order valence-electron chi connectivity index (χ4n) is 5.76. The molecule has 3 aromatic rings. The van der Waals surface area contributed by atoms with Gasteiger partial charge in [-0.3, -0.25) is 14.4 Å². The maximum Gasteiger partial charge on any atom is 0.255 e. The van der Waals surface area contributed by atoms with Gasteiger partial charge in [0.1, 0.15) is 0 Å². The predicted octanol–water partition coefficient (Wildman–Crippen LogP) is 4.07. The van der Waals surface area contributed by atoms with E-state index in [1.165, 1.54) is 0 Å². The Kier molecular flexibility index (Phi) is 8.67. The van der Waals surface area contributed by atoms with E-state index in [9.17, 15) is 18.0 Å². The van der Waals surface area contributed by atoms with Gasteiger partial charge in [0.2, 0.25) is 21.8 Å². The van der Waals surface area contributed by atoms with Crippen LogP contribution in [-0.4, -0.2) is 53.7 Å². The number of hydrogen-bond acceptors (Lipinski definition) is 8. The van der Waals surface area contributed by atoms with E-state index in [0.29, 0.717) is 40.4 Å². The second-order valence-electron chi connectivity index (χ2n) is 10.2. The lowest BCUT2D eigenvalue weighted by Crippen LogP contribution is -2.59. The van der Waals surface area contributed by atoms with Gasteiger partial charge in [0, 0.05) is 34.6 Å². The number of benzene rings is 2. The van der Waals surface area contributed by atoms with Crippen LogP contribution in [0.15, 0.2) is 46.9 Å². The van der Waals surface area contributed by atoms with Crippen LogP contribution in [0.3, 0.4) is 0 Å². The molecule has 4 atom stereocenters. The Bertz CT molecular complexity index is 1560. The van der Waals surface area contributed by atoms with Gasteiger partial charge in [-0.2, -0.15) is 0 Å². The van der Waals surface area contributed by atoms with E-state index in [1.807, 2.05) is 0 Å². The summed E-state index contributed by atoms with van der Waals surface area (Å²) in [5.41, 5.74) is 3.81. The van der Waals surface area contributed by atoms with Crippen LogP contribution in [0.1, 0.15) is 70.9 Å². The average molecular weight is 623 g/mol. The first-order valence-corrected chi connectivity index (χ1v) is 15.7. The normalized spacial score (nSPS) is 22.8. The van der Waals surface area contributed by atoms with Crippen LogP contribution in [0.25, 0.3) is 0 Å². The molecule has 0 radical (unpaired) electrons. The number of nitrogens with zero attached hydrogens (tertiary/aromatic N) is 3. The number of fused-ring (bicyclic) bond motifs is 1. The maximum absolute atomic E-state index is 14.2. The number of aryl methyl sites for hydroxylation is 1. The van der Waals surface area contributed by atoms with Crippen LogP contribution < -0.4 is 10.2 Å². The molecule has 1 saturated carbocycles. The van der Waals surface area contributed by atoms with Crippen LogP contribution in [0.4, 0.5) is 0 Å². The van der Waals surface area contributed by atoms with Crippen LogP contribution >= 0.6 is 23.2 Å². The number of rotatable bonds is 8. The van der Waals surface area contributed by atoms with Gasteiger partial charge in [-0.1, -0.05) is 60.3 Å². The standard InChI is InChI=1S/C27H29Cl2N5O6S/c1-15-30-31-23(40-15)14-39-32-26(35)24-17-7-3-4-8-18(17)27(36)34(25(24)19-12-11-16(28)13-20(19)29)22-10-6-5-9-21(22)33-41(2,37)38/h3-4,7-8,11-13,21-22,24-25,33H,5-6,9-10,14H2,1-2H3,(H,32,35)/t21-,22?,24+,25-/m0/s1. The van der Waals surface area contributed by atoms with E-state index in [-0.39, 0.29) is 23.4 Å². The average Bonchev–Trinajstić information content (AvgIpc) is 3.33. The highest BCUT2D eigenvalue weighted by atomic mass is 35.5. The number of nitrogens with one attached hydrogen (secondary N) is 2. The number of hydroxylamine groups is 1. The lowest BCUT2D eigenvalue weighted by molar-refractivity contribution is -0.138. The van der Waals surface area contributed by atoms with Crippen molar-refractivity contribution < 1.29 is 27.3 Å². The van der Waals surface area contributed by atoms with Gasteiger partial charge in [-0.15, -0.1) is 10.2 Å². The Morgan fingerprint density at radius 3 is 2.59 bits per heavy atom. The molecule has 2 aromatic carbocycles. The number of carbonyl (C=O) groups excluding carboxylic acids is 2. The van der Waals surface area contributed by atoms with Crippen molar-refractivity contribution >= 4 is 45.0 Å². The number of amides is 2. The molecular formula is C27H29Cl2N5O6S. The van der Waals surface area contributed by atoms with Crippen LogP contribution in [0, 0.1) is 6.92 Å². The summed E-state index contributed by atoms with van der Waals surface area (Å²) < 4.78 is 32.7. The quantitative estimate of drug-likeness (QED) is 0.358. The molecular weight excluding hydrogens is 593 g/mol. The van der Waals surface area contributed by atoms with E-state index in [1.54, 1.807) is 54.3 Å². The van der Waals surface area contributed by atoms with E-state index in [0.717, 1.165) is 19.1 Å². The fourth-order valence-corrected chi connectivity index (χ4v) is 7.10. The minimum absolute atomic E-state index is 0.168. The van der Waals surface area contributed by atoms with Gasteiger partial charge in [0.25, 0.3) is 11.8 Å². The van der Waals surface area contributed by atoms with E-state index < -0.39 is 40.0 Å². The number of carbonyl (C=O) groups is 2. The van der Waals surface area contributed by atoms with Crippen molar-refractivity contribution in [3.8, 4) is 0 Å². The summed E-state index contributed by atoms with van der Waals surface area (Å²) in [5.74, 6) is -1.29. The zero-order chi connectivity index (χ0) is 29.3. The first-order valence-electron chi connectivity index (χ1n) is 13.1. The Morgan fingerprint density at radius 2 is 1.88 bits per heavy atom. The van der Waals surface area contributed by atoms with Crippen molar-refractivity contribution in [2.75, 3.05) is 6.26 Å². The third kappa shape index (κ3) is 6.41. The van der Waals surface area contributed by atoms with Gasteiger partial charge in [0.05, 0.1) is 18.2 Å². The first-order chi connectivity index (χ1) is 19.5. The van der Waals surface area contributed by atoms with Gasteiger partial charge in [-0.05, 0) is 42.2 Å². The summed E-state index contributed by atoms with van der Waals surface area (Å²) in [4.78, 5) is 35.3. The van der Waals surface area contributed by atoms with E-state index >= 15 is 0 Å². The second-order valence-corrected chi connectivity index (χ2v) is 12.8. The zero-order valence-electron chi connectivity index (χ0n) is 22.3.